The van der Waals surface area contributed by atoms with Gasteiger partial charge in [-0.3, -0.25) is 9.59 Å². The Morgan fingerprint density at radius 1 is 1.17 bits per heavy atom. The lowest BCUT2D eigenvalue weighted by molar-refractivity contribution is -0.147. The van der Waals surface area contributed by atoms with Crippen LogP contribution in [-0.2, 0) is 14.3 Å². The first-order valence-corrected chi connectivity index (χ1v) is 10.8. The van der Waals surface area contributed by atoms with Crippen molar-refractivity contribution in [2.45, 2.75) is 32.6 Å². The third-order valence-electron chi connectivity index (χ3n) is 5.09. The van der Waals surface area contributed by atoms with Gasteiger partial charge in [0.2, 0.25) is 5.91 Å². The van der Waals surface area contributed by atoms with Crippen LogP contribution in [0.1, 0.15) is 43.0 Å². The number of rotatable bonds is 6. The van der Waals surface area contributed by atoms with Crippen molar-refractivity contribution in [2.24, 2.45) is 11.8 Å². The Labute approximate surface area is 177 Å². The van der Waals surface area contributed by atoms with Gasteiger partial charge in [0.25, 0.3) is 0 Å². The molecule has 0 bridgehead atoms. The highest BCUT2D eigenvalue weighted by Gasteiger charge is 2.36. The van der Waals surface area contributed by atoms with Crippen LogP contribution in [0, 0.1) is 11.8 Å². The number of carbonyl (C=O) groups is 3. The fraction of sp³-hybridized carbons (Fsp3) is 0.381. The summed E-state index contributed by atoms with van der Waals surface area (Å²) in [6.07, 6.45) is 2.60. The van der Waals surface area contributed by atoms with Gasteiger partial charge in [-0.15, -0.1) is 11.3 Å². The predicted molar refractivity (Wildman–Crippen MR) is 112 cm³/mol. The summed E-state index contributed by atoms with van der Waals surface area (Å²) in [6, 6.07) is 7.12. The average Bonchev–Trinajstić information content (AvgIpc) is 3.11. The van der Waals surface area contributed by atoms with E-state index in [1.807, 2.05) is 6.07 Å². The number of carbonyl (C=O) groups excluding carboxylic acids is 2. The van der Waals surface area contributed by atoms with Crippen molar-refractivity contribution in [1.29, 1.82) is 0 Å². The first-order valence-electron chi connectivity index (χ1n) is 9.51. The summed E-state index contributed by atoms with van der Waals surface area (Å²) in [7, 11) is 0. The van der Waals surface area contributed by atoms with E-state index in [1.54, 1.807) is 30.5 Å². The lowest BCUT2D eigenvalue weighted by atomic mass is 9.79. The Morgan fingerprint density at radius 2 is 1.86 bits per heavy atom. The summed E-state index contributed by atoms with van der Waals surface area (Å²) in [4.78, 5) is 37.1. The largest absolute Gasteiger partial charge is 0.481 e. The molecule has 2 atom stereocenters. The molecule has 1 saturated carbocycles. The third-order valence-corrected chi connectivity index (χ3v) is 6.32. The molecule has 0 unspecified atom stereocenters. The number of aliphatic carboxylic acids is 1. The van der Waals surface area contributed by atoms with Crippen molar-refractivity contribution in [3.05, 3.63) is 40.2 Å². The lowest BCUT2D eigenvalue weighted by Crippen LogP contribution is -2.36. The Bertz CT molecular complexity index is 926. The van der Waals surface area contributed by atoms with Crippen molar-refractivity contribution >= 4 is 45.8 Å². The fourth-order valence-electron chi connectivity index (χ4n) is 3.68. The van der Waals surface area contributed by atoms with E-state index < -0.39 is 23.8 Å². The number of benzene rings is 1. The van der Waals surface area contributed by atoms with Crippen molar-refractivity contribution in [3.63, 3.8) is 0 Å². The fourth-order valence-corrected chi connectivity index (χ4v) is 4.87. The number of esters is 1. The minimum absolute atomic E-state index is 0.188. The molecular weight excluding hydrogens is 414 g/mol. The molecule has 2 aromatic rings. The summed E-state index contributed by atoms with van der Waals surface area (Å²) in [5.74, 6) is -3.23. The van der Waals surface area contributed by atoms with Gasteiger partial charge in [0.1, 0.15) is 10.6 Å². The number of carboxylic acid groups (broad SMARTS) is 1. The molecule has 1 aromatic heterocycles. The van der Waals surface area contributed by atoms with Gasteiger partial charge in [0, 0.05) is 21.5 Å². The minimum atomic E-state index is -0.960. The first-order chi connectivity index (χ1) is 13.9. The maximum atomic E-state index is 12.9. The molecule has 29 heavy (non-hydrogen) atoms. The van der Waals surface area contributed by atoms with E-state index in [2.05, 4.69) is 5.32 Å². The highest BCUT2D eigenvalue weighted by atomic mass is 35.5. The van der Waals surface area contributed by atoms with Crippen LogP contribution < -0.4 is 5.32 Å². The molecule has 2 N–H and O–H groups in total. The topological polar surface area (TPSA) is 92.7 Å². The van der Waals surface area contributed by atoms with Crippen LogP contribution in [0.15, 0.2) is 29.6 Å². The second-order valence-electron chi connectivity index (χ2n) is 6.88. The second-order valence-corrected chi connectivity index (χ2v) is 8.17. The highest BCUT2D eigenvalue weighted by Crippen LogP contribution is 2.40. The van der Waals surface area contributed by atoms with Crippen molar-refractivity contribution in [1.82, 2.24) is 0 Å². The number of amides is 1. The van der Waals surface area contributed by atoms with E-state index in [0.717, 1.165) is 12.8 Å². The molecule has 1 amide bonds. The van der Waals surface area contributed by atoms with Crippen LogP contribution in [0.3, 0.4) is 0 Å². The van der Waals surface area contributed by atoms with Crippen molar-refractivity contribution in [2.75, 3.05) is 11.9 Å². The summed E-state index contributed by atoms with van der Waals surface area (Å²) >= 11 is 7.50. The molecule has 3 rings (SSSR count). The molecule has 1 aliphatic carbocycles. The number of anilines is 1. The Morgan fingerprint density at radius 3 is 2.52 bits per heavy atom. The SMILES string of the molecule is CCOC(=O)c1c(-c2ccccc2Cl)csc1NC(=O)[C@H]1CCCC[C@@H]1C(=O)O. The lowest BCUT2D eigenvalue weighted by Gasteiger charge is -2.27. The van der Waals surface area contributed by atoms with Crippen LogP contribution in [0.5, 0.6) is 0 Å². The zero-order chi connectivity index (χ0) is 21.0. The van der Waals surface area contributed by atoms with Crippen LogP contribution in [0.4, 0.5) is 5.00 Å². The smallest absolute Gasteiger partial charge is 0.341 e. The van der Waals surface area contributed by atoms with Gasteiger partial charge >= 0.3 is 11.9 Å². The van der Waals surface area contributed by atoms with Gasteiger partial charge in [0.05, 0.1) is 18.4 Å². The normalized spacial score (nSPS) is 18.8. The van der Waals surface area contributed by atoms with E-state index in [4.69, 9.17) is 16.3 Å². The monoisotopic (exact) mass is 435 g/mol. The van der Waals surface area contributed by atoms with E-state index in [1.165, 1.54) is 11.3 Å². The molecule has 1 fully saturated rings. The number of nitrogens with one attached hydrogen (secondary N) is 1. The Balaban J connectivity index is 1.95. The van der Waals surface area contributed by atoms with E-state index in [0.29, 0.717) is 34.0 Å². The molecule has 0 spiro atoms. The van der Waals surface area contributed by atoms with Gasteiger partial charge in [0.15, 0.2) is 0 Å². The Hall–Kier alpha value is -2.38. The molecule has 1 aromatic carbocycles. The second kappa shape index (κ2) is 9.41. The zero-order valence-electron chi connectivity index (χ0n) is 15.9. The van der Waals surface area contributed by atoms with Gasteiger partial charge in [-0.05, 0) is 25.8 Å². The van der Waals surface area contributed by atoms with Gasteiger partial charge in [-0.25, -0.2) is 4.79 Å². The summed E-state index contributed by atoms with van der Waals surface area (Å²) in [5, 5.41) is 14.8. The van der Waals surface area contributed by atoms with Gasteiger partial charge in [-0.2, -0.15) is 0 Å². The number of hydrogen-bond acceptors (Lipinski definition) is 5. The van der Waals surface area contributed by atoms with Crippen molar-refractivity contribution < 1.29 is 24.2 Å². The van der Waals surface area contributed by atoms with Crippen LogP contribution in [0.2, 0.25) is 5.02 Å². The summed E-state index contributed by atoms with van der Waals surface area (Å²) in [5.41, 5.74) is 1.48. The van der Waals surface area contributed by atoms with Gasteiger partial charge < -0.3 is 15.2 Å². The minimum Gasteiger partial charge on any atom is -0.481 e. The van der Waals surface area contributed by atoms with Crippen molar-refractivity contribution in [3.8, 4) is 11.1 Å². The summed E-state index contributed by atoms with van der Waals surface area (Å²) in [6.45, 7) is 1.89. The standard InChI is InChI=1S/C21H22ClNO5S/c1-2-28-21(27)17-15(12-7-5-6-10-16(12)22)11-29-19(17)23-18(24)13-8-3-4-9-14(13)20(25)26/h5-7,10-11,13-14H,2-4,8-9H2,1H3,(H,23,24)(H,25,26)/t13-,14-/m0/s1. The van der Waals surface area contributed by atoms with Gasteiger partial charge in [-0.1, -0.05) is 42.6 Å². The average molecular weight is 436 g/mol. The van der Waals surface area contributed by atoms with Crippen LogP contribution in [0.25, 0.3) is 11.1 Å². The quantitative estimate of drug-likeness (QED) is 0.617. The molecule has 0 aliphatic heterocycles. The first kappa shape index (κ1) is 21.3. The molecule has 0 radical (unpaired) electrons. The van der Waals surface area contributed by atoms with Crippen LogP contribution >= 0.6 is 22.9 Å². The molecule has 6 nitrogen and oxygen atoms in total. The number of ether oxygens (including phenoxy) is 1. The molecule has 0 saturated heterocycles. The molecule has 154 valence electrons. The van der Waals surface area contributed by atoms with Crippen LogP contribution in [-0.4, -0.2) is 29.6 Å². The third kappa shape index (κ3) is 4.62. The number of hydrogen-bond donors (Lipinski definition) is 2. The highest BCUT2D eigenvalue weighted by molar-refractivity contribution is 7.15. The number of halogens is 1. The van der Waals surface area contributed by atoms with E-state index in [9.17, 15) is 19.5 Å². The van der Waals surface area contributed by atoms with E-state index in [-0.39, 0.29) is 18.1 Å². The number of thiophene rings is 1. The maximum Gasteiger partial charge on any atom is 0.341 e. The zero-order valence-corrected chi connectivity index (χ0v) is 17.5. The molecular formula is C21H22ClNO5S. The predicted octanol–water partition coefficient (Wildman–Crippen LogP) is 5.07. The summed E-state index contributed by atoms with van der Waals surface area (Å²) < 4.78 is 5.19. The molecule has 8 heteroatoms. The molecule has 1 aliphatic rings. The van der Waals surface area contributed by atoms with E-state index >= 15 is 0 Å². The Kier molecular flexibility index (Phi) is 6.92. The molecule has 1 heterocycles. The number of carboxylic acids is 1. The maximum absolute atomic E-state index is 12.9.